The Morgan fingerprint density at radius 3 is 1.91 bits per heavy atom. The molecular formula is C5H12N2O3S. The molecule has 11 heavy (non-hydrogen) atoms. The Balaban J connectivity index is 5.01. The van der Waals surface area contributed by atoms with E-state index in [1.54, 1.807) is 0 Å². The highest BCUT2D eigenvalue weighted by atomic mass is 32.2. The maximum atomic E-state index is 11.0. The van der Waals surface area contributed by atoms with E-state index in [4.69, 9.17) is 11.5 Å². The number of carbonyl (C=O) groups excluding carboxylic acids is 1. The second-order valence-corrected chi connectivity index (χ2v) is 5.24. The van der Waals surface area contributed by atoms with Gasteiger partial charge < -0.3 is 11.5 Å². The van der Waals surface area contributed by atoms with Gasteiger partial charge in [0.1, 0.15) is 4.75 Å². The van der Waals surface area contributed by atoms with Gasteiger partial charge in [0.05, 0.1) is 5.88 Å². The topological polar surface area (TPSA) is 103 Å². The maximum Gasteiger partial charge on any atom is 0.238 e. The van der Waals surface area contributed by atoms with Gasteiger partial charge in [0.2, 0.25) is 5.91 Å². The third-order valence-corrected chi connectivity index (χ3v) is 3.79. The molecule has 0 spiro atoms. The van der Waals surface area contributed by atoms with E-state index >= 15 is 0 Å². The molecule has 0 aliphatic heterocycles. The summed E-state index contributed by atoms with van der Waals surface area (Å²) in [6.45, 7) is 2.47. The van der Waals surface area contributed by atoms with Gasteiger partial charge in [-0.3, -0.25) is 4.79 Å². The number of hydrogen-bond acceptors (Lipinski definition) is 4. The highest BCUT2D eigenvalue weighted by molar-refractivity contribution is 7.93. The van der Waals surface area contributed by atoms with Crippen LogP contribution in [0.5, 0.6) is 0 Å². The summed E-state index contributed by atoms with van der Waals surface area (Å²) >= 11 is 0. The van der Waals surface area contributed by atoms with Crippen molar-refractivity contribution in [2.75, 3.05) is 5.88 Å². The fourth-order valence-corrected chi connectivity index (χ4v) is 1.08. The summed E-state index contributed by atoms with van der Waals surface area (Å²) in [5.74, 6) is -1.45. The maximum absolute atomic E-state index is 11.0. The van der Waals surface area contributed by atoms with Gasteiger partial charge in [-0.25, -0.2) is 8.42 Å². The van der Waals surface area contributed by atoms with Gasteiger partial charge in [-0.15, -0.1) is 0 Å². The van der Waals surface area contributed by atoms with E-state index in [1.807, 2.05) is 0 Å². The van der Waals surface area contributed by atoms with E-state index in [0.29, 0.717) is 0 Å². The molecule has 0 radical (unpaired) electrons. The number of rotatable bonds is 3. The van der Waals surface area contributed by atoms with Gasteiger partial charge in [0.15, 0.2) is 9.84 Å². The van der Waals surface area contributed by atoms with Crippen molar-refractivity contribution in [1.82, 2.24) is 0 Å². The third kappa shape index (κ3) is 1.69. The van der Waals surface area contributed by atoms with Crippen molar-refractivity contribution in [1.29, 1.82) is 0 Å². The summed E-state index contributed by atoms with van der Waals surface area (Å²) in [6, 6.07) is 0. The van der Waals surface area contributed by atoms with E-state index in [-0.39, 0.29) is 0 Å². The minimum atomic E-state index is -3.59. The van der Waals surface area contributed by atoms with Crippen molar-refractivity contribution in [3.8, 4) is 0 Å². The van der Waals surface area contributed by atoms with Gasteiger partial charge in [-0.2, -0.15) is 0 Å². The van der Waals surface area contributed by atoms with E-state index in [0.717, 1.165) is 0 Å². The second kappa shape index (κ2) is 2.78. The molecule has 1 amide bonds. The van der Waals surface area contributed by atoms with Gasteiger partial charge in [-0.1, -0.05) is 0 Å². The third-order valence-electron chi connectivity index (χ3n) is 1.59. The van der Waals surface area contributed by atoms with Crippen LogP contribution in [0.1, 0.15) is 13.8 Å². The molecule has 0 rings (SSSR count). The zero-order chi connectivity index (χ0) is 9.28. The molecule has 0 aromatic rings. The van der Waals surface area contributed by atoms with Crippen molar-refractivity contribution in [3.63, 3.8) is 0 Å². The Labute approximate surface area is 65.7 Å². The molecule has 6 heteroatoms. The first-order valence-corrected chi connectivity index (χ1v) is 4.63. The minimum Gasteiger partial charge on any atom is -0.368 e. The number of primary amides is 1. The van der Waals surface area contributed by atoms with E-state index in [1.165, 1.54) is 13.8 Å². The Bertz CT molecular complexity index is 255. The molecule has 0 aliphatic rings. The summed E-state index contributed by atoms with van der Waals surface area (Å²) in [4.78, 5) is 10.6. The van der Waals surface area contributed by atoms with Crippen LogP contribution in [0.25, 0.3) is 0 Å². The molecule has 0 aliphatic carbocycles. The molecular weight excluding hydrogens is 168 g/mol. The normalized spacial score (nSPS) is 13.0. The van der Waals surface area contributed by atoms with E-state index < -0.39 is 26.4 Å². The Hall–Kier alpha value is -0.620. The van der Waals surface area contributed by atoms with Crippen LogP contribution in [0.15, 0.2) is 0 Å². The van der Waals surface area contributed by atoms with Crippen LogP contribution < -0.4 is 11.5 Å². The quantitative estimate of drug-likeness (QED) is 0.556. The number of hydrogen-bond donors (Lipinski definition) is 2. The summed E-state index contributed by atoms with van der Waals surface area (Å²) in [6.07, 6.45) is 0. The lowest BCUT2D eigenvalue weighted by Gasteiger charge is -2.18. The highest BCUT2D eigenvalue weighted by Crippen LogP contribution is 2.14. The largest absolute Gasteiger partial charge is 0.368 e. The van der Waals surface area contributed by atoms with Crippen LogP contribution in [0.4, 0.5) is 0 Å². The average Bonchev–Trinajstić information content (AvgIpc) is 1.87. The predicted octanol–water partition coefficient (Wildman–Crippen LogP) is -1.42. The first-order valence-electron chi connectivity index (χ1n) is 2.98. The zero-order valence-electron chi connectivity index (χ0n) is 6.49. The summed E-state index contributed by atoms with van der Waals surface area (Å²) in [5.41, 5.74) is 9.79. The molecule has 66 valence electrons. The van der Waals surface area contributed by atoms with Gasteiger partial charge in [0.25, 0.3) is 0 Å². The fraction of sp³-hybridized carbons (Fsp3) is 0.800. The van der Waals surface area contributed by atoms with Crippen LogP contribution in [0.2, 0.25) is 0 Å². The zero-order valence-corrected chi connectivity index (χ0v) is 7.31. The van der Waals surface area contributed by atoms with Crippen molar-refractivity contribution in [3.05, 3.63) is 0 Å². The number of carbonyl (C=O) groups is 1. The summed E-state index contributed by atoms with van der Waals surface area (Å²) in [7, 11) is -3.59. The predicted molar refractivity (Wildman–Crippen MR) is 41.2 cm³/mol. The smallest absolute Gasteiger partial charge is 0.238 e. The molecule has 0 saturated heterocycles. The van der Waals surface area contributed by atoms with Gasteiger partial charge in [0, 0.05) is 0 Å². The summed E-state index contributed by atoms with van der Waals surface area (Å²) in [5, 5.41) is 0. The SMILES string of the molecule is CC(C)(C(N)=O)S(=O)(=O)CN. The average molecular weight is 180 g/mol. The Morgan fingerprint density at radius 2 is 1.82 bits per heavy atom. The van der Waals surface area contributed by atoms with Gasteiger partial charge >= 0.3 is 0 Å². The standard InChI is InChI=1S/C5H12N2O3S/c1-5(2,4(7)8)11(9,10)3-6/h3,6H2,1-2H3,(H2,7,8). The molecule has 0 fully saturated rings. The van der Waals surface area contributed by atoms with Crippen LogP contribution in [0.3, 0.4) is 0 Å². The van der Waals surface area contributed by atoms with Crippen LogP contribution >= 0.6 is 0 Å². The van der Waals surface area contributed by atoms with Crippen molar-refractivity contribution in [2.45, 2.75) is 18.6 Å². The molecule has 0 aromatic heterocycles. The molecule has 0 atom stereocenters. The van der Waals surface area contributed by atoms with Gasteiger partial charge in [-0.05, 0) is 13.8 Å². The number of nitrogens with two attached hydrogens (primary N) is 2. The lowest BCUT2D eigenvalue weighted by molar-refractivity contribution is -0.119. The van der Waals surface area contributed by atoms with Crippen molar-refractivity contribution in [2.24, 2.45) is 11.5 Å². The van der Waals surface area contributed by atoms with E-state index in [2.05, 4.69) is 0 Å². The fourth-order valence-electron chi connectivity index (χ4n) is 0.362. The summed E-state index contributed by atoms with van der Waals surface area (Å²) < 4.78 is 20.5. The molecule has 4 N–H and O–H groups in total. The van der Waals surface area contributed by atoms with Crippen LogP contribution in [-0.2, 0) is 14.6 Å². The molecule has 0 saturated carbocycles. The molecule has 0 heterocycles. The van der Waals surface area contributed by atoms with E-state index in [9.17, 15) is 13.2 Å². The van der Waals surface area contributed by atoms with Crippen molar-refractivity contribution < 1.29 is 13.2 Å². The Morgan fingerprint density at radius 1 is 1.45 bits per heavy atom. The highest BCUT2D eigenvalue weighted by Gasteiger charge is 2.38. The molecule has 5 nitrogen and oxygen atoms in total. The van der Waals surface area contributed by atoms with Crippen molar-refractivity contribution >= 4 is 15.7 Å². The monoisotopic (exact) mass is 180 g/mol. The number of amides is 1. The number of sulfone groups is 1. The second-order valence-electron chi connectivity index (χ2n) is 2.66. The molecule has 0 aromatic carbocycles. The first kappa shape index (κ1) is 10.4. The van der Waals surface area contributed by atoms with Crippen LogP contribution in [0, 0.1) is 0 Å². The Kier molecular flexibility index (Phi) is 2.63. The lowest BCUT2D eigenvalue weighted by Crippen LogP contribution is -2.47. The minimum absolute atomic E-state index is 0.567. The van der Waals surface area contributed by atoms with Crippen LogP contribution in [-0.4, -0.2) is 24.9 Å². The molecule has 0 bridgehead atoms. The lowest BCUT2D eigenvalue weighted by atomic mass is 10.2. The first-order chi connectivity index (χ1) is 4.75. The molecule has 0 unspecified atom stereocenters.